The van der Waals surface area contributed by atoms with Crippen LogP contribution in [0.4, 0.5) is 0 Å². The molecule has 110 valence electrons. The number of amides is 1. The Kier molecular flexibility index (Phi) is 4.96. The van der Waals surface area contributed by atoms with E-state index in [2.05, 4.69) is 0 Å². The fraction of sp³-hybridized carbons (Fsp3) is 0.857. The molecule has 0 bridgehead atoms. The molecule has 0 unspecified atom stereocenters. The zero-order chi connectivity index (χ0) is 14.8. The van der Waals surface area contributed by atoms with Crippen molar-refractivity contribution in [2.75, 3.05) is 13.2 Å². The molecular weight excluding hydrogens is 246 g/mol. The van der Waals surface area contributed by atoms with E-state index in [9.17, 15) is 9.59 Å². The molecule has 0 aromatic rings. The molecule has 1 aliphatic carbocycles. The van der Waals surface area contributed by atoms with Crippen LogP contribution in [0.15, 0.2) is 0 Å². The highest BCUT2D eigenvalue weighted by atomic mass is 16.4. The quantitative estimate of drug-likeness (QED) is 0.732. The summed E-state index contributed by atoms with van der Waals surface area (Å²) in [7, 11) is 0. The first-order chi connectivity index (χ1) is 8.82. The summed E-state index contributed by atoms with van der Waals surface area (Å²) in [6, 6.07) is 0.0745. The van der Waals surface area contributed by atoms with Crippen molar-refractivity contribution in [2.45, 2.75) is 46.6 Å². The van der Waals surface area contributed by atoms with Gasteiger partial charge >= 0.3 is 5.97 Å². The molecular formula is C14H25NO4. The first-order valence-corrected chi connectivity index (χ1v) is 6.96. The van der Waals surface area contributed by atoms with Crippen LogP contribution in [0.2, 0.25) is 0 Å². The average molecular weight is 271 g/mol. The monoisotopic (exact) mass is 271 g/mol. The van der Waals surface area contributed by atoms with Crippen LogP contribution in [0.25, 0.3) is 0 Å². The molecule has 0 aliphatic heterocycles. The number of aliphatic carboxylic acids is 1. The summed E-state index contributed by atoms with van der Waals surface area (Å²) in [5.74, 6) is -2.09. The minimum Gasteiger partial charge on any atom is -0.481 e. The van der Waals surface area contributed by atoms with Crippen LogP contribution in [0.5, 0.6) is 0 Å². The van der Waals surface area contributed by atoms with E-state index in [4.69, 9.17) is 10.2 Å². The number of aliphatic hydroxyl groups is 1. The fourth-order valence-corrected chi connectivity index (χ4v) is 3.05. The number of carboxylic acid groups (broad SMARTS) is 1. The maximum absolute atomic E-state index is 12.5. The van der Waals surface area contributed by atoms with Crippen molar-refractivity contribution in [2.24, 2.45) is 17.3 Å². The molecule has 0 radical (unpaired) electrons. The van der Waals surface area contributed by atoms with E-state index >= 15 is 0 Å². The van der Waals surface area contributed by atoms with Crippen molar-refractivity contribution in [3.05, 3.63) is 0 Å². The van der Waals surface area contributed by atoms with Crippen LogP contribution < -0.4 is 0 Å². The second-order valence-electron chi connectivity index (χ2n) is 5.84. The Hall–Kier alpha value is -1.10. The number of carboxylic acids is 1. The van der Waals surface area contributed by atoms with Crippen LogP contribution in [-0.4, -0.2) is 46.2 Å². The smallest absolute Gasteiger partial charge is 0.307 e. The first-order valence-electron chi connectivity index (χ1n) is 6.96. The van der Waals surface area contributed by atoms with E-state index in [1.165, 1.54) is 0 Å². The lowest BCUT2D eigenvalue weighted by molar-refractivity contribution is -0.143. The highest BCUT2D eigenvalue weighted by Gasteiger charge is 2.66. The number of hydrogen-bond acceptors (Lipinski definition) is 3. The van der Waals surface area contributed by atoms with Crippen molar-refractivity contribution in [1.82, 2.24) is 4.90 Å². The predicted molar refractivity (Wildman–Crippen MR) is 71.6 cm³/mol. The summed E-state index contributed by atoms with van der Waals surface area (Å²) in [5, 5.41) is 18.3. The van der Waals surface area contributed by atoms with Crippen molar-refractivity contribution in [3.8, 4) is 0 Å². The zero-order valence-corrected chi connectivity index (χ0v) is 12.2. The van der Waals surface area contributed by atoms with Gasteiger partial charge in [-0.3, -0.25) is 9.59 Å². The summed E-state index contributed by atoms with van der Waals surface area (Å²) in [5.41, 5.74) is -0.483. The van der Waals surface area contributed by atoms with Gasteiger partial charge in [-0.2, -0.15) is 0 Å². The third-order valence-electron chi connectivity index (χ3n) is 4.37. The van der Waals surface area contributed by atoms with Gasteiger partial charge in [-0.25, -0.2) is 0 Å². The maximum Gasteiger partial charge on any atom is 0.307 e. The van der Waals surface area contributed by atoms with Gasteiger partial charge in [0.25, 0.3) is 0 Å². The fourth-order valence-electron chi connectivity index (χ4n) is 3.05. The van der Waals surface area contributed by atoms with Gasteiger partial charge in [0.15, 0.2) is 0 Å². The van der Waals surface area contributed by atoms with E-state index in [1.54, 1.807) is 4.90 Å². The molecule has 1 saturated carbocycles. The van der Waals surface area contributed by atoms with Gasteiger partial charge in [-0.1, -0.05) is 27.7 Å². The number of carbonyl (C=O) groups is 2. The molecule has 5 heteroatoms. The van der Waals surface area contributed by atoms with Crippen molar-refractivity contribution in [1.29, 1.82) is 0 Å². The summed E-state index contributed by atoms with van der Waals surface area (Å²) in [4.78, 5) is 25.4. The Morgan fingerprint density at radius 3 is 2.05 bits per heavy atom. The lowest BCUT2D eigenvalue weighted by atomic mass is 10.1. The van der Waals surface area contributed by atoms with E-state index in [0.29, 0.717) is 0 Å². The maximum atomic E-state index is 12.5. The number of hydrogen-bond donors (Lipinski definition) is 2. The summed E-state index contributed by atoms with van der Waals surface area (Å²) >= 11 is 0. The minimum atomic E-state index is -0.906. The van der Waals surface area contributed by atoms with E-state index in [0.717, 1.165) is 12.8 Å². The Bertz CT molecular complexity index is 349. The van der Waals surface area contributed by atoms with Gasteiger partial charge in [0, 0.05) is 12.6 Å². The van der Waals surface area contributed by atoms with Crippen LogP contribution in [0.3, 0.4) is 0 Å². The molecule has 5 nitrogen and oxygen atoms in total. The SMILES string of the molecule is CCC(CC)N(CCO)C(=O)[C@H]1[C@@H](C(=O)O)C1(C)C. The highest BCUT2D eigenvalue weighted by molar-refractivity contribution is 5.91. The Morgan fingerprint density at radius 2 is 1.74 bits per heavy atom. The molecule has 1 aliphatic rings. The average Bonchev–Trinajstić information content (AvgIpc) is 2.92. The largest absolute Gasteiger partial charge is 0.481 e. The summed E-state index contributed by atoms with van der Waals surface area (Å²) in [6.07, 6.45) is 1.63. The number of nitrogens with zero attached hydrogens (tertiary/aromatic N) is 1. The third kappa shape index (κ3) is 2.91. The van der Waals surface area contributed by atoms with Crippen molar-refractivity contribution >= 4 is 11.9 Å². The Labute approximate surface area is 114 Å². The second kappa shape index (κ2) is 5.90. The zero-order valence-electron chi connectivity index (χ0n) is 12.2. The lowest BCUT2D eigenvalue weighted by Crippen LogP contribution is -2.43. The second-order valence-corrected chi connectivity index (χ2v) is 5.84. The molecule has 1 amide bonds. The molecule has 2 N–H and O–H groups in total. The first kappa shape index (κ1) is 16.0. The molecule has 0 heterocycles. The van der Waals surface area contributed by atoms with E-state index in [1.807, 2.05) is 27.7 Å². The van der Waals surface area contributed by atoms with Gasteiger partial charge in [-0.15, -0.1) is 0 Å². The van der Waals surface area contributed by atoms with Crippen LogP contribution in [-0.2, 0) is 9.59 Å². The molecule has 19 heavy (non-hydrogen) atoms. The van der Waals surface area contributed by atoms with Gasteiger partial charge < -0.3 is 15.1 Å². The molecule has 0 saturated heterocycles. The molecule has 1 rings (SSSR count). The van der Waals surface area contributed by atoms with Crippen LogP contribution in [0, 0.1) is 17.3 Å². The van der Waals surface area contributed by atoms with Gasteiger partial charge in [-0.05, 0) is 18.3 Å². The predicted octanol–water partition coefficient (Wildman–Crippen LogP) is 1.35. The Morgan fingerprint density at radius 1 is 1.21 bits per heavy atom. The van der Waals surface area contributed by atoms with Gasteiger partial charge in [0.05, 0.1) is 18.4 Å². The molecule has 1 fully saturated rings. The third-order valence-corrected chi connectivity index (χ3v) is 4.37. The van der Waals surface area contributed by atoms with Crippen molar-refractivity contribution in [3.63, 3.8) is 0 Å². The van der Waals surface area contributed by atoms with Crippen molar-refractivity contribution < 1.29 is 19.8 Å². The number of rotatable bonds is 7. The van der Waals surface area contributed by atoms with E-state index in [-0.39, 0.29) is 25.1 Å². The molecule has 2 atom stereocenters. The van der Waals surface area contributed by atoms with Gasteiger partial charge in [0.2, 0.25) is 5.91 Å². The lowest BCUT2D eigenvalue weighted by Gasteiger charge is -2.30. The normalized spacial score (nSPS) is 24.3. The summed E-state index contributed by atoms with van der Waals surface area (Å²) < 4.78 is 0. The van der Waals surface area contributed by atoms with Crippen LogP contribution in [0.1, 0.15) is 40.5 Å². The highest BCUT2D eigenvalue weighted by Crippen LogP contribution is 2.59. The van der Waals surface area contributed by atoms with Crippen LogP contribution >= 0.6 is 0 Å². The number of carbonyl (C=O) groups excluding carboxylic acids is 1. The molecule has 0 spiro atoms. The molecule has 0 aromatic carbocycles. The Balaban J connectivity index is 2.87. The summed E-state index contributed by atoms with van der Waals surface area (Å²) in [6.45, 7) is 7.82. The van der Waals surface area contributed by atoms with E-state index < -0.39 is 23.2 Å². The number of aliphatic hydroxyl groups excluding tert-OH is 1. The topological polar surface area (TPSA) is 77.8 Å². The van der Waals surface area contributed by atoms with Gasteiger partial charge in [0.1, 0.15) is 0 Å². The standard InChI is InChI=1S/C14H25NO4/c1-5-9(6-2)15(7-8-16)12(17)10-11(13(18)19)14(10,3)4/h9-11,16H,5-8H2,1-4H3,(H,18,19)/t10-,11+/m1/s1. The minimum absolute atomic E-state index is 0.0745. The molecule has 0 aromatic heterocycles.